The van der Waals surface area contributed by atoms with Crippen LogP contribution in [0.4, 0.5) is 0 Å². The molecule has 2 atom stereocenters. The van der Waals surface area contributed by atoms with Gasteiger partial charge in [-0.15, -0.1) is 0 Å². The van der Waals surface area contributed by atoms with Gasteiger partial charge in [-0.1, -0.05) is 28.8 Å². The van der Waals surface area contributed by atoms with Crippen LogP contribution < -0.4 is 4.72 Å². The number of methoxy groups -OCH3 is 1. The Kier molecular flexibility index (Phi) is 6.99. The third-order valence-electron chi connectivity index (χ3n) is 3.20. The lowest BCUT2D eigenvalue weighted by atomic mass is 9.87. The minimum Gasteiger partial charge on any atom is -0.385 e. The van der Waals surface area contributed by atoms with Gasteiger partial charge in [-0.2, -0.15) is 0 Å². The van der Waals surface area contributed by atoms with E-state index >= 15 is 0 Å². The van der Waals surface area contributed by atoms with Crippen LogP contribution in [-0.2, 0) is 14.8 Å². The molecule has 0 aromatic rings. The number of sulfonamides is 1. The second-order valence-corrected chi connectivity index (χ2v) is 7.11. The lowest BCUT2D eigenvalue weighted by Crippen LogP contribution is -2.43. The number of rotatable bonds is 7. The molecule has 17 heavy (non-hydrogen) atoms. The second kappa shape index (κ2) is 7.71. The molecule has 0 bridgehead atoms. The molecule has 1 aliphatic rings. The fourth-order valence-corrected chi connectivity index (χ4v) is 4.39. The maximum atomic E-state index is 11.9. The molecule has 0 aromatic heterocycles. The topological polar surface area (TPSA) is 55.4 Å². The molecule has 0 spiro atoms. The van der Waals surface area contributed by atoms with E-state index in [0.29, 0.717) is 18.9 Å². The van der Waals surface area contributed by atoms with Crippen molar-refractivity contribution in [2.75, 3.05) is 24.8 Å². The average Bonchev–Trinajstić information content (AvgIpc) is 2.29. The molecule has 0 heterocycles. The molecule has 102 valence electrons. The van der Waals surface area contributed by atoms with Crippen molar-refractivity contribution in [3.63, 3.8) is 0 Å². The highest BCUT2D eigenvalue weighted by Crippen LogP contribution is 2.26. The smallest absolute Gasteiger partial charge is 0.211 e. The molecule has 1 N–H and O–H groups in total. The number of halogens is 1. The van der Waals surface area contributed by atoms with E-state index in [1.807, 2.05) is 0 Å². The summed E-state index contributed by atoms with van der Waals surface area (Å²) >= 11 is 3.47. The summed E-state index contributed by atoms with van der Waals surface area (Å²) in [5, 5.41) is 0.873. The molecule has 1 rings (SSSR count). The van der Waals surface area contributed by atoms with Crippen molar-refractivity contribution < 1.29 is 13.2 Å². The highest BCUT2D eigenvalue weighted by Gasteiger charge is 2.27. The average molecular weight is 328 g/mol. The third kappa shape index (κ3) is 5.68. The molecule has 0 aromatic carbocycles. The quantitative estimate of drug-likeness (QED) is 0.574. The number of alkyl halides is 1. The van der Waals surface area contributed by atoms with Crippen LogP contribution in [0.5, 0.6) is 0 Å². The van der Waals surface area contributed by atoms with Crippen molar-refractivity contribution in [2.45, 2.75) is 38.1 Å². The van der Waals surface area contributed by atoms with Gasteiger partial charge in [-0.3, -0.25) is 0 Å². The summed E-state index contributed by atoms with van der Waals surface area (Å²) in [4.78, 5) is 0. The van der Waals surface area contributed by atoms with Crippen LogP contribution >= 0.6 is 15.9 Å². The Labute approximate surface area is 113 Å². The Morgan fingerprint density at radius 3 is 2.71 bits per heavy atom. The zero-order valence-electron chi connectivity index (χ0n) is 10.3. The molecule has 0 aliphatic heterocycles. The van der Waals surface area contributed by atoms with Crippen LogP contribution in [-0.4, -0.2) is 39.3 Å². The van der Waals surface area contributed by atoms with Gasteiger partial charge in [0.25, 0.3) is 0 Å². The highest BCUT2D eigenvalue weighted by atomic mass is 79.9. The van der Waals surface area contributed by atoms with Crippen molar-refractivity contribution in [2.24, 2.45) is 5.92 Å². The first-order chi connectivity index (χ1) is 8.09. The zero-order chi connectivity index (χ0) is 12.7. The van der Waals surface area contributed by atoms with E-state index in [1.54, 1.807) is 7.11 Å². The fraction of sp³-hybridized carbons (Fsp3) is 1.00. The number of ether oxygens (including phenoxy) is 1. The maximum Gasteiger partial charge on any atom is 0.211 e. The predicted octanol–water partition coefficient (Wildman–Crippen LogP) is 1.90. The predicted molar refractivity (Wildman–Crippen MR) is 73.0 cm³/mol. The first kappa shape index (κ1) is 15.4. The molecule has 1 fully saturated rings. The van der Waals surface area contributed by atoms with Gasteiger partial charge in [-0.25, -0.2) is 13.1 Å². The van der Waals surface area contributed by atoms with E-state index < -0.39 is 10.0 Å². The lowest BCUT2D eigenvalue weighted by Gasteiger charge is -2.30. The van der Waals surface area contributed by atoms with Gasteiger partial charge in [0.1, 0.15) is 0 Å². The second-order valence-electron chi connectivity index (χ2n) is 4.59. The normalized spacial score (nSPS) is 26.0. The monoisotopic (exact) mass is 327 g/mol. The van der Waals surface area contributed by atoms with Gasteiger partial charge >= 0.3 is 0 Å². The van der Waals surface area contributed by atoms with Crippen molar-refractivity contribution in [1.29, 1.82) is 0 Å². The van der Waals surface area contributed by atoms with Crippen LogP contribution in [0.1, 0.15) is 32.1 Å². The molecule has 1 saturated carbocycles. The van der Waals surface area contributed by atoms with Gasteiger partial charge in [0.2, 0.25) is 10.0 Å². The minimum atomic E-state index is -3.15. The molecule has 0 radical (unpaired) electrons. The highest BCUT2D eigenvalue weighted by molar-refractivity contribution is 9.09. The van der Waals surface area contributed by atoms with Crippen molar-refractivity contribution >= 4 is 26.0 Å². The number of hydrogen-bond donors (Lipinski definition) is 1. The largest absolute Gasteiger partial charge is 0.385 e. The fourth-order valence-electron chi connectivity index (χ4n) is 2.23. The van der Waals surface area contributed by atoms with E-state index in [9.17, 15) is 8.42 Å². The molecular weight excluding hydrogens is 306 g/mol. The van der Waals surface area contributed by atoms with Crippen LogP contribution in [0, 0.1) is 5.92 Å². The van der Waals surface area contributed by atoms with Gasteiger partial charge in [0.05, 0.1) is 5.75 Å². The maximum absolute atomic E-state index is 11.9. The molecule has 0 amide bonds. The first-order valence-electron chi connectivity index (χ1n) is 6.14. The summed E-state index contributed by atoms with van der Waals surface area (Å²) in [5.41, 5.74) is 0. The molecule has 4 nitrogen and oxygen atoms in total. The third-order valence-corrected chi connectivity index (χ3v) is 5.52. The van der Waals surface area contributed by atoms with Gasteiger partial charge < -0.3 is 4.74 Å². The lowest BCUT2D eigenvalue weighted by molar-refractivity contribution is 0.199. The number of nitrogens with one attached hydrogen (secondary N) is 1. The van der Waals surface area contributed by atoms with E-state index in [1.165, 1.54) is 6.42 Å². The molecule has 0 saturated heterocycles. The Balaban J connectivity index is 2.44. The van der Waals surface area contributed by atoms with E-state index in [-0.39, 0.29) is 11.8 Å². The standard InChI is InChI=1S/C11H22BrNO3S/c1-16-7-4-8-17(14,15)13-11-6-3-2-5-10(11)9-12/h10-11,13H,2-9H2,1H3. The first-order valence-corrected chi connectivity index (χ1v) is 8.91. The van der Waals surface area contributed by atoms with E-state index in [2.05, 4.69) is 20.7 Å². The van der Waals surface area contributed by atoms with Gasteiger partial charge in [0.15, 0.2) is 0 Å². The Hall–Kier alpha value is 0.350. The summed E-state index contributed by atoms with van der Waals surface area (Å²) in [6, 6.07) is 0.107. The van der Waals surface area contributed by atoms with Crippen molar-refractivity contribution in [3.05, 3.63) is 0 Å². The van der Waals surface area contributed by atoms with Crippen LogP contribution in [0.2, 0.25) is 0 Å². The minimum absolute atomic E-state index is 0.107. The summed E-state index contributed by atoms with van der Waals surface area (Å²) in [6.45, 7) is 0.494. The van der Waals surface area contributed by atoms with E-state index in [0.717, 1.165) is 24.6 Å². The Morgan fingerprint density at radius 1 is 1.35 bits per heavy atom. The summed E-state index contributed by atoms with van der Waals surface area (Å²) in [7, 11) is -1.56. The molecule has 2 unspecified atom stereocenters. The molecular formula is C11H22BrNO3S. The van der Waals surface area contributed by atoms with Crippen LogP contribution in [0.25, 0.3) is 0 Å². The summed E-state index contributed by atoms with van der Waals surface area (Å²) < 4.78 is 31.4. The van der Waals surface area contributed by atoms with Crippen molar-refractivity contribution in [1.82, 2.24) is 4.72 Å². The number of hydrogen-bond acceptors (Lipinski definition) is 3. The SMILES string of the molecule is COCCCS(=O)(=O)NC1CCCCC1CBr. The van der Waals surface area contributed by atoms with E-state index in [4.69, 9.17) is 4.74 Å². The van der Waals surface area contributed by atoms with Crippen molar-refractivity contribution in [3.8, 4) is 0 Å². The molecule has 1 aliphatic carbocycles. The zero-order valence-corrected chi connectivity index (χ0v) is 12.7. The van der Waals surface area contributed by atoms with Gasteiger partial charge in [-0.05, 0) is 25.2 Å². The summed E-state index contributed by atoms with van der Waals surface area (Å²) in [5.74, 6) is 0.591. The Bertz CT molecular complexity index is 308. The van der Waals surface area contributed by atoms with Gasteiger partial charge in [0, 0.05) is 25.1 Å². The summed E-state index contributed by atoms with van der Waals surface area (Å²) in [6.07, 6.45) is 4.95. The van der Waals surface area contributed by atoms with Crippen LogP contribution in [0.15, 0.2) is 0 Å². The Morgan fingerprint density at radius 2 is 2.06 bits per heavy atom. The van der Waals surface area contributed by atoms with Crippen LogP contribution in [0.3, 0.4) is 0 Å². The molecule has 6 heteroatoms.